The largest absolute Gasteiger partial charge is 0.465 e. The van der Waals surface area contributed by atoms with E-state index in [1.165, 1.54) is 43.5 Å². The Bertz CT molecular complexity index is 1170. The van der Waals surface area contributed by atoms with Crippen LogP contribution in [0.1, 0.15) is 10.4 Å². The fourth-order valence-electron chi connectivity index (χ4n) is 2.36. The van der Waals surface area contributed by atoms with Gasteiger partial charge in [0.05, 0.1) is 18.4 Å². The summed E-state index contributed by atoms with van der Waals surface area (Å²) in [5.41, 5.74) is 0.997. The molecule has 25 heavy (non-hydrogen) atoms. The lowest BCUT2D eigenvalue weighted by atomic mass is 10.1. The number of nitrogens with one attached hydrogen (secondary N) is 1. The second kappa shape index (κ2) is 6.48. The maximum atomic E-state index is 12.4. The van der Waals surface area contributed by atoms with Crippen LogP contribution in [0.3, 0.4) is 0 Å². The maximum absolute atomic E-state index is 12.4. The van der Waals surface area contributed by atoms with Crippen molar-refractivity contribution < 1.29 is 9.53 Å². The molecule has 0 saturated heterocycles. The number of anilines is 1. The van der Waals surface area contributed by atoms with Crippen molar-refractivity contribution in [2.75, 3.05) is 12.5 Å². The van der Waals surface area contributed by atoms with Crippen molar-refractivity contribution in [3.63, 3.8) is 0 Å². The Morgan fingerprint density at radius 1 is 0.880 bits per heavy atom. The van der Waals surface area contributed by atoms with E-state index in [1.807, 2.05) is 0 Å². The molecule has 0 fully saturated rings. The zero-order valence-corrected chi connectivity index (χ0v) is 13.1. The van der Waals surface area contributed by atoms with E-state index < -0.39 is 27.6 Å². The Morgan fingerprint density at radius 3 is 2.08 bits per heavy atom. The first kappa shape index (κ1) is 16.3. The summed E-state index contributed by atoms with van der Waals surface area (Å²) in [4.78, 5) is 47.9. The van der Waals surface area contributed by atoms with Gasteiger partial charge < -0.3 is 4.74 Å². The number of rotatable bonds is 3. The van der Waals surface area contributed by atoms with Crippen molar-refractivity contribution in [2.24, 2.45) is 5.10 Å². The normalized spacial score (nSPS) is 11.5. The SMILES string of the molecule is COC(=O)c1ccc(NN=c2c(=O)c(=O)c3ccccc3c2=O)cc1. The number of methoxy groups -OCH3 is 1. The number of hydrogen-bond acceptors (Lipinski definition) is 7. The Hall–Kier alpha value is -3.61. The van der Waals surface area contributed by atoms with Gasteiger partial charge in [0.1, 0.15) is 0 Å². The highest BCUT2D eigenvalue weighted by atomic mass is 16.5. The molecule has 0 saturated carbocycles. The van der Waals surface area contributed by atoms with Gasteiger partial charge in [-0.15, -0.1) is 0 Å². The predicted molar refractivity (Wildman–Crippen MR) is 92.1 cm³/mol. The van der Waals surface area contributed by atoms with E-state index in [1.54, 1.807) is 12.1 Å². The van der Waals surface area contributed by atoms with E-state index in [4.69, 9.17) is 0 Å². The van der Waals surface area contributed by atoms with Gasteiger partial charge in [0.2, 0.25) is 10.9 Å². The molecule has 124 valence electrons. The van der Waals surface area contributed by atoms with Gasteiger partial charge in [-0.3, -0.25) is 19.8 Å². The quantitative estimate of drug-likeness (QED) is 0.425. The fourth-order valence-corrected chi connectivity index (χ4v) is 2.36. The minimum absolute atomic E-state index is 0.0823. The Kier molecular flexibility index (Phi) is 4.21. The molecule has 0 amide bonds. The number of carbonyl (C=O) groups is 1. The molecule has 0 radical (unpaired) electrons. The monoisotopic (exact) mass is 336 g/mol. The van der Waals surface area contributed by atoms with E-state index in [9.17, 15) is 19.2 Å². The van der Waals surface area contributed by atoms with Gasteiger partial charge in [0.15, 0.2) is 5.36 Å². The van der Waals surface area contributed by atoms with Gasteiger partial charge in [0, 0.05) is 10.8 Å². The summed E-state index contributed by atoms with van der Waals surface area (Å²) in [6.45, 7) is 0. The first-order chi connectivity index (χ1) is 12.0. The van der Waals surface area contributed by atoms with Crippen LogP contribution in [0, 0.1) is 0 Å². The fraction of sp³-hybridized carbons (Fsp3) is 0.0556. The molecule has 7 nitrogen and oxygen atoms in total. The molecule has 0 atom stereocenters. The zero-order chi connectivity index (χ0) is 18.0. The van der Waals surface area contributed by atoms with E-state index in [0.717, 1.165) is 0 Å². The molecule has 0 aromatic heterocycles. The first-order valence-electron chi connectivity index (χ1n) is 7.27. The number of fused-ring (bicyclic) bond motifs is 1. The van der Waals surface area contributed by atoms with Gasteiger partial charge in [0.25, 0.3) is 5.43 Å². The van der Waals surface area contributed by atoms with Crippen molar-refractivity contribution in [1.82, 2.24) is 0 Å². The number of nitrogens with zero attached hydrogens (tertiary/aromatic N) is 1. The minimum Gasteiger partial charge on any atom is -0.465 e. The number of carbonyl (C=O) groups excluding carboxylic acids is 1. The summed E-state index contributed by atoms with van der Waals surface area (Å²) < 4.78 is 4.59. The lowest BCUT2D eigenvalue weighted by molar-refractivity contribution is 0.0601. The van der Waals surface area contributed by atoms with Gasteiger partial charge >= 0.3 is 5.97 Å². The average molecular weight is 336 g/mol. The van der Waals surface area contributed by atoms with Gasteiger partial charge in [-0.2, -0.15) is 5.10 Å². The van der Waals surface area contributed by atoms with Crippen LogP contribution >= 0.6 is 0 Å². The summed E-state index contributed by atoms with van der Waals surface area (Å²) >= 11 is 0. The van der Waals surface area contributed by atoms with Crippen LogP contribution in [0.5, 0.6) is 0 Å². The molecule has 0 heterocycles. The molecule has 7 heteroatoms. The lowest BCUT2D eigenvalue weighted by Gasteiger charge is -2.02. The highest BCUT2D eigenvalue weighted by molar-refractivity contribution is 5.89. The number of benzene rings is 3. The van der Waals surface area contributed by atoms with Crippen LogP contribution < -0.4 is 27.1 Å². The molecule has 3 aromatic rings. The van der Waals surface area contributed by atoms with Gasteiger partial charge in [-0.25, -0.2) is 4.79 Å². The maximum Gasteiger partial charge on any atom is 0.337 e. The minimum atomic E-state index is -0.956. The van der Waals surface area contributed by atoms with Crippen LogP contribution in [0.4, 0.5) is 5.69 Å². The summed E-state index contributed by atoms with van der Waals surface area (Å²) in [5, 5.41) is 3.55. The Balaban J connectivity index is 2.05. The molecule has 0 spiro atoms. The summed E-state index contributed by atoms with van der Waals surface area (Å²) in [6.07, 6.45) is 0. The van der Waals surface area contributed by atoms with Crippen molar-refractivity contribution >= 4 is 22.4 Å². The third-order valence-electron chi connectivity index (χ3n) is 3.66. The Labute approximate surface area is 140 Å². The highest BCUT2D eigenvalue weighted by Crippen LogP contribution is 2.10. The molecule has 0 aliphatic rings. The summed E-state index contributed by atoms with van der Waals surface area (Å²) in [7, 11) is 1.27. The van der Waals surface area contributed by atoms with Gasteiger partial charge in [-0.05, 0) is 24.3 Å². The molecule has 0 aliphatic heterocycles. The van der Waals surface area contributed by atoms with E-state index in [-0.39, 0.29) is 10.8 Å². The molecular formula is C18H12N2O5. The number of esters is 1. The second-order valence-corrected chi connectivity index (χ2v) is 5.17. The van der Waals surface area contributed by atoms with E-state index >= 15 is 0 Å². The van der Waals surface area contributed by atoms with Gasteiger partial charge in [-0.1, -0.05) is 24.3 Å². The molecule has 0 bridgehead atoms. The summed E-state index contributed by atoms with van der Waals surface area (Å²) in [5.74, 6) is -0.488. The molecule has 1 N–H and O–H groups in total. The van der Waals surface area contributed by atoms with Crippen LogP contribution in [0.2, 0.25) is 0 Å². The molecule has 0 aliphatic carbocycles. The van der Waals surface area contributed by atoms with Crippen molar-refractivity contribution in [3.05, 3.63) is 90.1 Å². The molecular weight excluding hydrogens is 324 g/mol. The zero-order valence-electron chi connectivity index (χ0n) is 13.1. The highest BCUT2D eigenvalue weighted by Gasteiger charge is 2.10. The average Bonchev–Trinajstić information content (AvgIpc) is 2.66. The standard InChI is InChI=1S/C18H12N2O5/c1-25-18(24)10-6-8-11(9-7-10)19-20-14-15(21)12-4-2-3-5-13(12)16(22)17(14)23/h2-9,19H,1H3. The van der Waals surface area contributed by atoms with Crippen molar-refractivity contribution in [1.29, 1.82) is 0 Å². The lowest BCUT2D eigenvalue weighted by Crippen LogP contribution is -2.48. The topological polar surface area (TPSA) is 102 Å². The van der Waals surface area contributed by atoms with Crippen molar-refractivity contribution in [3.8, 4) is 0 Å². The number of ether oxygens (including phenoxy) is 1. The van der Waals surface area contributed by atoms with E-state index in [2.05, 4.69) is 15.3 Å². The molecule has 0 unspecified atom stereocenters. The van der Waals surface area contributed by atoms with Crippen LogP contribution in [-0.4, -0.2) is 13.1 Å². The molecule has 3 aromatic carbocycles. The van der Waals surface area contributed by atoms with Crippen LogP contribution in [-0.2, 0) is 4.74 Å². The predicted octanol–water partition coefficient (Wildman–Crippen LogP) is 0.510. The van der Waals surface area contributed by atoms with Crippen LogP contribution in [0.25, 0.3) is 10.8 Å². The second-order valence-electron chi connectivity index (χ2n) is 5.17. The number of hydrogen-bond donors (Lipinski definition) is 1. The van der Waals surface area contributed by atoms with Crippen molar-refractivity contribution in [2.45, 2.75) is 0 Å². The molecule has 3 rings (SSSR count). The first-order valence-corrected chi connectivity index (χ1v) is 7.27. The van der Waals surface area contributed by atoms with Crippen LogP contribution in [0.15, 0.2) is 68.0 Å². The third kappa shape index (κ3) is 2.94. The summed E-state index contributed by atoms with van der Waals surface area (Å²) in [6, 6.07) is 12.2. The Morgan fingerprint density at radius 2 is 1.48 bits per heavy atom. The van der Waals surface area contributed by atoms with E-state index in [0.29, 0.717) is 11.3 Å². The smallest absolute Gasteiger partial charge is 0.337 e. The third-order valence-corrected chi connectivity index (χ3v) is 3.66.